The fourth-order valence-corrected chi connectivity index (χ4v) is 3.12. The molecule has 0 fully saturated rings. The molecule has 1 unspecified atom stereocenters. The lowest BCUT2D eigenvalue weighted by molar-refractivity contribution is 0.0642. The second-order valence-corrected chi connectivity index (χ2v) is 6.46. The summed E-state index contributed by atoms with van der Waals surface area (Å²) in [5.74, 6) is -0.473. The molecule has 0 radical (unpaired) electrons. The molecule has 0 aliphatic carbocycles. The first-order chi connectivity index (χ1) is 11.5. The van der Waals surface area contributed by atoms with E-state index in [2.05, 4.69) is 6.07 Å². The van der Waals surface area contributed by atoms with E-state index in [-0.39, 0.29) is 18.0 Å². The molecule has 0 aromatic heterocycles. The number of amides is 1. The topological polar surface area (TPSA) is 44.1 Å². The Morgan fingerprint density at radius 1 is 0.917 bits per heavy atom. The van der Waals surface area contributed by atoms with E-state index >= 15 is 0 Å². The molecule has 0 saturated carbocycles. The van der Waals surface area contributed by atoms with Gasteiger partial charge in [-0.2, -0.15) is 5.26 Å². The molecule has 0 saturated heterocycles. The number of carbonyl (C=O) groups is 1. The minimum absolute atomic E-state index is 0.0215. The van der Waals surface area contributed by atoms with Crippen molar-refractivity contribution in [2.75, 3.05) is 0 Å². The van der Waals surface area contributed by atoms with E-state index in [9.17, 15) is 10.1 Å². The molecule has 0 aliphatic heterocycles. The Morgan fingerprint density at radius 3 is 2.00 bits per heavy atom. The van der Waals surface area contributed by atoms with Crippen LogP contribution in [0.5, 0.6) is 0 Å². The van der Waals surface area contributed by atoms with Crippen molar-refractivity contribution in [3.63, 3.8) is 0 Å². The quantitative estimate of drug-likeness (QED) is 0.808. The number of hydrogen-bond donors (Lipinski definition) is 0. The third-order valence-corrected chi connectivity index (χ3v) is 4.11. The zero-order valence-electron chi connectivity index (χ0n) is 14.7. The van der Waals surface area contributed by atoms with Crippen molar-refractivity contribution in [3.05, 3.63) is 71.3 Å². The van der Waals surface area contributed by atoms with Gasteiger partial charge in [-0.15, -0.1) is 0 Å². The lowest BCUT2D eigenvalue weighted by atomic mass is 9.88. The van der Waals surface area contributed by atoms with Gasteiger partial charge in [-0.05, 0) is 44.9 Å². The van der Waals surface area contributed by atoms with Crippen molar-refractivity contribution in [2.45, 2.75) is 45.7 Å². The minimum Gasteiger partial charge on any atom is -0.334 e. The van der Waals surface area contributed by atoms with Gasteiger partial charge in [0.15, 0.2) is 0 Å². The predicted octanol–water partition coefficient (Wildman–Crippen LogP) is 4.60. The molecule has 2 aromatic carbocycles. The summed E-state index contributed by atoms with van der Waals surface area (Å²) in [5, 5.41) is 9.72. The van der Waals surface area contributed by atoms with Crippen LogP contribution in [0.25, 0.3) is 0 Å². The standard InChI is InChI=1S/C21H24N2O/c1-15(2)23(16(3)4)21(24)19-13-9-8-12-18(19)20(14-22)17-10-6-5-7-11-17/h5-13,15-16,20H,1-4H3. The summed E-state index contributed by atoms with van der Waals surface area (Å²) >= 11 is 0. The smallest absolute Gasteiger partial charge is 0.254 e. The number of carbonyl (C=O) groups excluding carboxylic acids is 1. The summed E-state index contributed by atoms with van der Waals surface area (Å²) in [6, 6.07) is 19.6. The monoisotopic (exact) mass is 320 g/mol. The van der Waals surface area contributed by atoms with E-state index < -0.39 is 5.92 Å². The van der Waals surface area contributed by atoms with Gasteiger partial charge in [0.05, 0.1) is 12.0 Å². The lowest BCUT2D eigenvalue weighted by Crippen LogP contribution is -2.42. The summed E-state index contributed by atoms with van der Waals surface area (Å²) in [4.78, 5) is 15.0. The Bertz CT molecular complexity index is 721. The molecule has 2 rings (SSSR count). The molecule has 3 heteroatoms. The molecule has 3 nitrogen and oxygen atoms in total. The Labute approximate surface area is 144 Å². The van der Waals surface area contributed by atoms with Gasteiger partial charge in [-0.3, -0.25) is 4.79 Å². The molecule has 0 aliphatic rings. The molecule has 1 atom stereocenters. The van der Waals surface area contributed by atoms with E-state index in [1.165, 1.54) is 0 Å². The van der Waals surface area contributed by atoms with Crippen LogP contribution in [0.15, 0.2) is 54.6 Å². The first kappa shape index (κ1) is 17.7. The van der Waals surface area contributed by atoms with Crippen LogP contribution in [0, 0.1) is 11.3 Å². The molecule has 24 heavy (non-hydrogen) atoms. The van der Waals surface area contributed by atoms with E-state index in [0.29, 0.717) is 5.56 Å². The van der Waals surface area contributed by atoms with Crippen molar-refractivity contribution in [2.24, 2.45) is 0 Å². The molecule has 0 bridgehead atoms. The maximum Gasteiger partial charge on any atom is 0.254 e. The first-order valence-electron chi connectivity index (χ1n) is 8.33. The van der Waals surface area contributed by atoms with Gasteiger partial charge in [-0.1, -0.05) is 48.5 Å². The number of nitriles is 1. The zero-order chi connectivity index (χ0) is 17.7. The van der Waals surface area contributed by atoms with Crippen LogP contribution in [0.4, 0.5) is 0 Å². The third kappa shape index (κ3) is 3.65. The minimum atomic E-state index is -0.451. The Kier molecular flexibility index (Phi) is 5.76. The highest BCUT2D eigenvalue weighted by atomic mass is 16.2. The molecular formula is C21H24N2O. The first-order valence-corrected chi connectivity index (χ1v) is 8.33. The molecule has 2 aromatic rings. The van der Waals surface area contributed by atoms with E-state index in [0.717, 1.165) is 11.1 Å². The van der Waals surface area contributed by atoms with Crippen LogP contribution in [0.1, 0.15) is 55.1 Å². The number of rotatable bonds is 5. The van der Waals surface area contributed by atoms with Crippen LogP contribution >= 0.6 is 0 Å². The van der Waals surface area contributed by atoms with Crippen molar-refractivity contribution < 1.29 is 4.79 Å². The van der Waals surface area contributed by atoms with E-state index in [4.69, 9.17) is 0 Å². The fraction of sp³-hybridized carbons (Fsp3) is 0.333. The van der Waals surface area contributed by atoms with Crippen LogP contribution in [-0.4, -0.2) is 22.9 Å². The van der Waals surface area contributed by atoms with Gasteiger partial charge in [0.1, 0.15) is 0 Å². The van der Waals surface area contributed by atoms with Crippen molar-refractivity contribution >= 4 is 5.91 Å². The SMILES string of the molecule is CC(C)N(C(=O)c1ccccc1C(C#N)c1ccccc1)C(C)C. The average Bonchev–Trinajstić information content (AvgIpc) is 2.56. The van der Waals surface area contributed by atoms with Gasteiger partial charge in [0, 0.05) is 17.6 Å². The average molecular weight is 320 g/mol. The van der Waals surface area contributed by atoms with Crippen molar-refractivity contribution in [3.8, 4) is 6.07 Å². The highest BCUT2D eigenvalue weighted by molar-refractivity contribution is 5.96. The highest BCUT2D eigenvalue weighted by Crippen LogP contribution is 2.28. The summed E-state index contributed by atoms with van der Waals surface area (Å²) in [7, 11) is 0. The fourth-order valence-electron chi connectivity index (χ4n) is 3.12. The van der Waals surface area contributed by atoms with Crippen molar-refractivity contribution in [1.82, 2.24) is 4.90 Å². The zero-order valence-corrected chi connectivity index (χ0v) is 14.7. The molecular weight excluding hydrogens is 296 g/mol. The summed E-state index contributed by atoms with van der Waals surface area (Å²) in [6.45, 7) is 8.05. The summed E-state index contributed by atoms with van der Waals surface area (Å²) < 4.78 is 0. The van der Waals surface area contributed by atoms with Crippen molar-refractivity contribution in [1.29, 1.82) is 5.26 Å². The third-order valence-electron chi connectivity index (χ3n) is 4.11. The van der Waals surface area contributed by atoms with Crippen LogP contribution in [0.3, 0.4) is 0 Å². The van der Waals surface area contributed by atoms with Crippen LogP contribution < -0.4 is 0 Å². The highest BCUT2D eigenvalue weighted by Gasteiger charge is 2.26. The molecule has 0 N–H and O–H groups in total. The number of benzene rings is 2. The second kappa shape index (κ2) is 7.79. The summed E-state index contributed by atoms with van der Waals surface area (Å²) in [6.07, 6.45) is 0. The van der Waals surface area contributed by atoms with Gasteiger partial charge < -0.3 is 4.90 Å². The molecule has 0 spiro atoms. The van der Waals surface area contributed by atoms with Gasteiger partial charge >= 0.3 is 0 Å². The van der Waals surface area contributed by atoms with E-state index in [1.54, 1.807) is 0 Å². The molecule has 124 valence electrons. The van der Waals surface area contributed by atoms with Gasteiger partial charge in [-0.25, -0.2) is 0 Å². The Morgan fingerprint density at radius 2 is 1.46 bits per heavy atom. The molecule has 0 heterocycles. The van der Waals surface area contributed by atoms with Crippen LogP contribution in [-0.2, 0) is 0 Å². The number of nitrogens with zero attached hydrogens (tertiary/aromatic N) is 2. The Balaban J connectivity index is 2.51. The maximum atomic E-state index is 13.1. The second-order valence-electron chi connectivity index (χ2n) is 6.46. The summed E-state index contributed by atoms with van der Waals surface area (Å²) in [5.41, 5.74) is 2.28. The number of hydrogen-bond acceptors (Lipinski definition) is 2. The maximum absolute atomic E-state index is 13.1. The van der Waals surface area contributed by atoms with Crippen LogP contribution in [0.2, 0.25) is 0 Å². The van der Waals surface area contributed by atoms with Gasteiger partial charge in [0.25, 0.3) is 5.91 Å². The molecule has 1 amide bonds. The Hall–Kier alpha value is -2.60. The predicted molar refractivity (Wildman–Crippen MR) is 96.8 cm³/mol. The normalized spacial score (nSPS) is 12.0. The largest absolute Gasteiger partial charge is 0.334 e. The van der Waals surface area contributed by atoms with Gasteiger partial charge in [0.2, 0.25) is 0 Å². The lowest BCUT2D eigenvalue weighted by Gasteiger charge is -2.31. The van der Waals surface area contributed by atoms with E-state index in [1.807, 2.05) is 87.2 Å².